The van der Waals surface area contributed by atoms with E-state index in [9.17, 15) is 4.79 Å². The number of carbonyl (C=O) groups excluding carboxylic acids is 1. The number of likely N-dealkylation sites (N-methyl/N-ethyl adjacent to an activating group) is 1. The van der Waals surface area contributed by atoms with Crippen LogP contribution in [0.15, 0.2) is 4.60 Å². The molecule has 1 aliphatic heterocycles. The molecule has 112 valence electrons. The van der Waals surface area contributed by atoms with Crippen LogP contribution in [0.3, 0.4) is 0 Å². The number of ether oxygens (including phenoxy) is 1. The van der Waals surface area contributed by atoms with Gasteiger partial charge in [0, 0.05) is 26.2 Å². The molecule has 1 atom stereocenters. The van der Waals surface area contributed by atoms with Crippen LogP contribution in [0.4, 0.5) is 5.82 Å². The van der Waals surface area contributed by atoms with Gasteiger partial charge in [0.25, 0.3) is 0 Å². The minimum Gasteiger partial charge on any atom is -0.462 e. The second kappa shape index (κ2) is 6.13. The summed E-state index contributed by atoms with van der Waals surface area (Å²) in [5.74, 6) is 0.510. The largest absolute Gasteiger partial charge is 0.462 e. The van der Waals surface area contributed by atoms with E-state index < -0.39 is 0 Å². The highest BCUT2D eigenvalue weighted by molar-refractivity contribution is 9.10. The zero-order valence-corrected chi connectivity index (χ0v) is 14.0. The highest BCUT2D eigenvalue weighted by Gasteiger charge is 2.31. The standard InChI is InChI=1S/C13H21BrN4O2/c1-5-20-13(19)10-11(14)15-17(4)12(10)18-7-6-9(8-18)16(2)3/h9H,5-8H2,1-4H3/t9-/m0/s1. The molecule has 0 spiro atoms. The molecule has 0 bridgehead atoms. The number of aromatic nitrogens is 2. The van der Waals surface area contributed by atoms with E-state index in [-0.39, 0.29) is 5.97 Å². The summed E-state index contributed by atoms with van der Waals surface area (Å²) in [5, 5.41) is 4.31. The molecule has 1 aromatic rings. The molecule has 0 unspecified atom stereocenters. The SMILES string of the molecule is CCOC(=O)c1c(Br)nn(C)c1N1CC[C@H](N(C)C)C1. The molecule has 6 nitrogen and oxygen atoms in total. The average Bonchev–Trinajstić information content (AvgIpc) is 2.93. The van der Waals surface area contributed by atoms with Gasteiger partial charge in [0.15, 0.2) is 0 Å². The summed E-state index contributed by atoms with van der Waals surface area (Å²) in [5.41, 5.74) is 0.522. The summed E-state index contributed by atoms with van der Waals surface area (Å²) >= 11 is 3.36. The van der Waals surface area contributed by atoms with Crippen molar-refractivity contribution in [2.45, 2.75) is 19.4 Å². The maximum absolute atomic E-state index is 12.1. The van der Waals surface area contributed by atoms with Gasteiger partial charge in [-0.1, -0.05) is 0 Å². The summed E-state index contributed by atoms with van der Waals surface area (Å²) in [4.78, 5) is 16.5. The van der Waals surface area contributed by atoms with E-state index in [1.807, 2.05) is 7.05 Å². The Morgan fingerprint density at radius 2 is 2.25 bits per heavy atom. The first kappa shape index (κ1) is 15.3. The molecule has 1 saturated heterocycles. The zero-order chi connectivity index (χ0) is 14.9. The Hall–Kier alpha value is -1.08. The van der Waals surface area contributed by atoms with Gasteiger partial charge in [-0.05, 0) is 43.4 Å². The van der Waals surface area contributed by atoms with Crippen LogP contribution < -0.4 is 4.90 Å². The zero-order valence-electron chi connectivity index (χ0n) is 12.4. The van der Waals surface area contributed by atoms with Crippen molar-refractivity contribution in [1.29, 1.82) is 0 Å². The normalized spacial score (nSPS) is 18.9. The first-order valence-corrected chi connectivity index (χ1v) is 7.56. The van der Waals surface area contributed by atoms with E-state index in [1.54, 1.807) is 11.6 Å². The fourth-order valence-corrected chi connectivity index (χ4v) is 3.16. The molecule has 2 rings (SSSR count). The number of carbonyl (C=O) groups is 1. The van der Waals surface area contributed by atoms with Gasteiger partial charge in [-0.2, -0.15) is 5.10 Å². The minimum absolute atomic E-state index is 0.323. The second-order valence-corrected chi connectivity index (χ2v) is 5.94. The van der Waals surface area contributed by atoms with Crippen molar-refractivity contribution in [3.8, 4) is 0 Å². The van der Waals surface area contributed by atoms with Gasteiger partial charge in [0.2, 0.25) is 0 Å². The van der Waals surface area contributed by atoms with Crippen LogP contribution in [-0.2, 0) is 11.8 Å². The van der Waals surface area contributed by atoms with Gasteiger partial charge in [0.1, 0.15) is 16.0 Å². The van der Waals surface area contributed by atoms with Crippen molar-refractivity contribution >= 4 is 27.7 Å². The first-order chi connectivity index (χ1) is 9.45. The maximum Gasteiger partial charge on any atom is 0.344 e. The number of halogens is 1. The van der Waals surface area contributed by atoms with Crippen LogP contribution in [0.1, 0.15) is 23.7 Å². The number of rotatable bonds is 4. The van der Waals surface area contributed by atoms with Crippen LogP contribution in [0.2, 0.25) is 0 Å². The molecule has 0 N–H and O–H groups in total. The molecule has 0 aromatic carbocycles. The minimum atomic E-state index is -0.323. The van der Waals surface area contributed by atoms with Crippen LogP contribution in [0.25, 0.3) is 0 Å². The summed E-state index contributed by atoms with van der Waals surface area (Å²) in [6, 6.07) is 0.499. The molecule has 0 aliphatic carbocycles. The lowest BCUT2D eigenvalue weighted by molar-refractivity contribution is 0.0526. The van der Waals surface area contributed by atoms with Gasteiger partial charge in [-0.3, -0.25) is 4.68 Å². The highest BCUT2D eigenvalue weighted by atomic mass is 79.9. The predicted octanol–water partition coefficient (Wildman–Crippen LogP) is 1.50. The molecule has 2 heterocycles. The van der Waals surface area contributed by atoms with E-state index in [4.69, 9.17) is 4.74 Å². The van der Waals surface area contributed by atoms with E-state index in [1.165, 1.54) is 0 Å². The summed E-state index contributed by atoms with van der Waals surface area (Å²) in [7, 11) is 6.02. The topological polar surface area (TPSA) is 50.6 Å². The van der Waals surface area contributed by atoms with Crippen molar-refractivity contribution in [3.63, 3.8) is 0 Å². The van der Waals surface area contributed by atoms with Gasteiger partial charge >= 0.3 is 5.97 Å². The summed E-state index contributed by atoms with van der Waals surface area (Å²) < 4.78 is 7.42. The third-order valence-electron chi connectivity index (χ3n) is 3.65. The van der Waals surface area contributed by atoms with E-state index in [0.29, 0.717) is 22.8 Å². The van der Waals surface area contributed by atoms with E-state index in [2.05, 4.69) is 44.9 Å². The highest BCUT2D eigenvalue weighted by Crippen LogP contribution is 2.31. The van der Waals surface area contributed by atoms with Crippen LogP contribution in [0.5, 0.6) is 0 Å². The molecule has 0 saturated carbocycles. The molecule has 20 heavy (non-hydrogen) atoms. The monoisotopic (exact) mass is 344 g/mol. The molecule has 1 fully saturated rings. The van der Waals surface area contributed by atoms with E-state index >= 15 is 0 Å². The maximum atomic E-state index is 12.1. The molecule has 0 amide bonds. The predicted molar refractivity (Wildman–Crippen MR) is 81.2 cm³/mol. The van der Waals surface area contributed by atoms with Crippen molar-refractivity contribution in [2.24, 2.45) is 7.05 Å². The fraction of sp³-hybridized carbons (Fsp3) is 0.692. The van der Waals surface area contributed by atoms with Gasteiger partial charge in [-0.25, -0.2) is 4.79 Å². The van der Waals surface area contributed by atoms with Crippen LogP contribution >= 0.6 is 15.9 Å². The Balaban J connectivity index is 2.30. The van der Waals surface area contributed by atoms with Gasteiger partial charge in [0.05, 0.1) is 6.61 Å². The van der Waals surface area contributed by atoms with E-state index in [0.717, 1.165) is 25.3 Å². The smallest absolute Gasteiger partial charge is 0.344 e. The Bertz CT molecular complexity index is 501. The number of hydrogen-bond donors (Lipinski definition) is 0. The van der Waals surface area contributed by atoms with Crippen LogP contribution in [-0.4, -0.2) is 60.5 Å². The Labute approximate surface area is 127 Å². The number of nitrogens with zero attached hydrogens (tertiary/aromatic N) is 4. The lowest BCUT2D eigenvalue weighted by atomic mass is 10.2. The fourth-order valence-electron chi connectivity index (χ4n) is 2.58. The third kappa shape index (κ3) is 2.83. The second-order valence-electron chi connectivity index (χ2n) is 5.19. The lowest BCUT2D eigenvalue weighted by Crippen LogP contribution is -2.32. The average molecular weight is 345 g/mol. The summed E-state index contributed by atoms with van der Waals surface area (Å²) in [6.07, 6.45) is 1.08. The molecule has 1 aromatic heterocycles. The van der Waals surface area contributed by atoms with Crippen molar-refractivity contribution in [3.05, 3.63) is 10.2 Å². The van der Waals surface area contributed by atoms with Crippen molar-refractivity contribution in [2.75, 3.05) is 38.7 Å². The number of hydrogen-bond acceptors (Lipinski definition) is 5. The molecule has 0 radical (unpaired) electrons. The lowest BCUT2D eigenvalue weighted by Gasteiger charge is -2.22. The van der Waals surface area contributed by atoms with Gasteiger partial charge in [-0.15, -0.1) is 0 Å². The molecular weight excluding hydrogens is 324 g/mol. The number of aryl methyl sites for hydroxylation is 1. The van der Waals surface area contributed by atoms with Crippen LogP contribution in [0, 0.1) is 0 Å². The molecule has 7 heteroatoms. The quantitative estimate of drug-likeness (QED) is 0.774. The third-order valence-corrected chi connectivity index (χ3v) is 4.20. The number of esters is 1. The Morgan fingerprint density at radius 1 is 1.55 bits per heavy atom. The Morgan fingerprint density at radius 3 is 2.80 bits per heavy atom. The van der Waals surface area contributed by atoms with Crippen molar-refractivity contribution < 1.29 is 9.53 Å². The Kier molecular flexibility index (Phi) is 4.70. The summed E-state index contributed by atoms with van der Waals surface area (Å²) in [6.45, 7) is 3.98. The first-order valence-electron chi connectivity index (χ1n) is 6.76. The molecule has 1 aliphatic rings. The molecular formula is C13H21BrN4O2. The van der Waals surface area contributed by atoms with Crippen molar-refractivity contribution in [1.82, 2.24) is 14.7 Å². The number of anilines is 1. The van der Waals surface area contributed by atoms with Gasteiger partial charge < -0.3 is 14.5 Å².